The number of hydrogen-bond acceptors (Lipinski definition) is 5. The Labute approximate surface area is 85.6 Å². The molecule has 0 aliphatic carbocycles. The first-order valence-corrected chi connectivity index (χ1v) is 3.92. The van der Waals surface area contributed by atoms with E-state index in [1.807, 2.05) is 13.0 Å². The number of nitrogens with zero attached hydrogens (tertiary/aromatic N) is 2. The molecule has 0 saturated carbocycles. The summed E-state index contributed by atoms with van der Waals surface area (Å²) in [5, 5.41) is 22.3. The first-order valence-electron chi connectivity index (χ1n) is 3.92. The van der Waals surface area contributed by atoms with Crippen molar-refractivity contribution in [3.8, 4) is 0 Å². The summed E-state index contributed by atoms with van der Waals surface area (Å²) in [7, 11) is 0. The van der Waals surface area contributed by atoms with Crippen molar-refractivity contribution in [2.45, 2.75) is 13.5 Å². The third-order valence-electron chi connectivity index (χ3n) is 1.23. The molecule has 7 nitrogen and oxygen atoms in total. The Morgan fingerprint density at radius 1 is 1.40 bits per heavy atom. The topological polar surface area (TPSA) is 126 Å². The molecule has 0 aliphatic heterocycles. The number of aliphatic carboxylic acids is 2. The standard InChI is InChI=1S/C6H9N3.C2H2O4/c1-5-2-6(3-7)9-8-4-5;3-1(4)2(5)6/h2,4H,3,7H2,1H3;(H,3,4)(H,5,6). The quantitative estimate of drug-likeness (QED) is 0.531. The second-order valence-electron chi connectivity index (χ2n) is 2.54. The van der Waals surface area contributed by atoms with Gasteiger partial charge in [-0.15, -0.1) is 0 Å². The second-order valence-corrected chi connectivity index (χ2v) is 2.54. The normalized spacial score (nSPS) is 8.67. The minimum atomic E-state index is -1.82. The van der Waals surface area contributed by atoms with Crippen LogP contribution >= 0.6 is 0 Å². The summed E-state index contributed by atoms with van der Waals surface area (Å²) in [5.41, 5.74) is 7.26. The van der Waals surface area contributed by atoms with Crippen LogP contribution in [0.15, 0.2) is 12.3 Å². The highest BCUT2D eigenvalue weighted by molar-refractivity contribution is 6.27. The van der Waals surface area contributed by atoms with E-state index in [9.17, 15) is 0 Å². The second kappa shape index (κ2) is 6.44. The van der Waals surface area contributed by atoms with Gasteiger partial charge in [-0.1, -0.05) is 0 Å². The minimum Gasteiger partial charge on any atom is -0.473 e. The zero-order valence-electron chi connectivity index (χ0n) is 8.04. The van der Waals surface area contributed by atoms with Crippen molar-refractivity contribution in [3.05, 3.63) is 23.5 Å². The molecule has 82 valence electrons. The van der Waals surface area contributed by atoms with Crippen molar-refractivity contribution >= 4 is 11.9 Å². The van der Waals surface area contributed by atoms with Crippen LogP contribution in [0.3, 0.4) is 0 Å². The molecule has 0 aliphatic rings. The number of carbonyl (C=O) groups is 2. The fourth-order valence-electron chi connectivity index (χ4n) is 0.623. The molecule has 0 atom stereocenters. The smallest absolute Gasteiger partial charge is 0.414 e. The fraction of sp³-hybridized carbons (Fsp3) is 0.250. The van der Waals surface area contributed by atoms with E-state index in [1.165, 1.54) is 0 Å². The van der Waals surface area contributed by atoms with Crippen LogP contribution in [0.4, 0.5) is 0 Å². The van der Waals surface area contributed by atoms with Crippen LogP contribution in [0.1, 0.15) is 11.3 Å². The number of aryl methyl sites for hydroxylation is 1. The van der Waals surface area contributed by atoms with Gasteiger partial charge in [0.2, 0.25) is 0 Å². The van der Waals surface area contributed by atoms with Crippen LogP contribution in [0.5, 0.6) is 0 Å². The van der Waals surface area contributed by atoms with Gasteiger partial charge in [0.05, 0.1) is 11.9 Å². The predicted molar refractivity (Wildman–Crippen MR) is 49.9 cm³/mol. The zero-order valence-corrected chi connectivity index (χ0v) is 8.04. The number of carboxylic acids is 2. The lowest BCUT2D eigenvalue weighted by Gasteiger charge is -1.92. The summed E-state index contributed by atoms with van der Waals surface area (Å²) in [6.45, 7) is 2.43. The first kappa shape index (κ1) is 13.0. The van der Waals surface area contributed by atoms with E-state index in [-0.39, 0.29) is 0 Å². The Balaban J connectivity index is 0.000000288. The van der Waals surface area contributed by atoms with E-state index in [0.717, 1.165) is 11.3 Å². The Bertz CT molecular complexity index is 341. The zero-order chi connectivity index (χ0) is 11.8. The van der Waals surface area contributed by atoms with Gasteiger partial charge in [-0.3, -0.25) is 0 Å². The molecule has 0 saturated heterocycles. The van der Waals surface area contributed by atoms with Crippen LogP contribution in [-0.2, 0) is 16.1 Å². The van der Waals surface area contributed by atoms with Crippen molar-refractivity contribution in [2.24, 2.45) is 5.73 Å². The lowest BCUT2D eigenvalue weighted by molar-refractivity contribution is -0.159. The Kier molecular flexibility index (Phi) is 5.57. The van der Waals surface area contributed by atoms with Crippen molar-refractivity contribution in [1.82, 2.24) is 10.2 Å². The maximum absolute atomic E-state index is 9.10. The number of rotatable bonds is 1. The van der Waals surface area contributed by atoms with Crippen LogP contribution in [0.2, 0.25) is 0 Å². The third-order valence-corrected chi connectivity index (χ3v) is 1.23. The summed E-state index contributed by atoms with van der Waals surface area (Å²) < 4.78 is 0. The SMILES string of the molecule is Cc1cnnc(CN)c1.O=C(O)C(=O)O. The van der Waals surface area contributed by atoms with E-state index in [4.69, 9.17) is 25.5 Å². The minimum absolute atomic E-state index is 0.467. The van der Waals surface area contributed by atoms with E-state index in [0.29, 0.717) is 6.54 Å². The van der Waals surface area contributed by atoms with Crippen molar-refractivity contribution in [3.63, 3.8) is 0 Å². The third kappa shape index (κ3) is 6.11. The lowest BCUT2D eigenvalue weighted by Crippen LogP contribution is -2.09. The molecule has 1 heterocycles. The highest BCUT2D eigenvalue weighted by Crippen LogP contribution is 1.94. The van der Waals surface area contributed by atoms with Crippen LogP contribution < -0.4 is 5.73 Å². The van der Waals surface area contributed by atoms with E-state index >= 15 is 0 Å². The Morgan fingerprint density at radius 2 is 1.93 bits per heavy atom. The van der Waals surface area contributed by atoms with Crippen LogP contribution in [0, 0.1) is 6.92 Å². The lowest BCUT2D eigenvalue weighted by atomic mass is 10.3. The van der Waals surface area contributed by atoms with E-state index < -0.39 is 11.9 Å². The van der Waals surface area contributed by atoms with Crippen molar-refractivity contribution < 1.29 is 19.8 Å². The Hall–Kier alpha value is -2.02. The molecule has 4 N–H and O–H groups in total. The molecule has 0 aromatic carbocycles. The molecule has 7 heteroatoms. The molecule has 0 spiro atoms. The molecule has 1 aromatic rings. The molecular formula is C8H11N3O4. The molecule has 0 bridgehead atoms. The van der Waals surface area contributed by atoms with Gasteiger partial charge in [0.15, 0.2) is 0 Å². The van der Waals surface area contributed by atoms with Gasteiger partial charge in [0, 0.05) is 6.54 Å². The number of nitrogens with two attached hydrogens (primary N) is 1. The summed E-state index contributed by atoms with van der Waals surface area (Å²) in [5.74, 6) is -3.65. The Morgan fingerprint density at radius 3 is 2.20 bits per heavy atom. The van der Waals surface area contributed by atoms with E-state index in [2.05, 4.69) is 10.2 Å². The average Bonchev–Trinajstić information content (AvgIpc) is 2.18. The number of aromatic nitrogens is 2. The molecule has 0 amide bonds. The van der Waals surface area contributed by atoms with Crippen molar-refractivity contribution in [2.75, 3.05) is 0 Å². The van der Waals surface area contributed by atoms with Crippen molar-refractivity contribution in [1.29, 1.82) is 0 Å². The van der Waals surface area contributed by atoms with Gasteiger partial charge in [-0.2, -0.15) is 10.2 Å². The van der Waals surface area contributed by atoms with Gasteiger partial charge in [0.25, 0.3) is 0 Å². The molecule has 0 radical (unpaired) electrons. The van der Waals surface area contributed by atoms with E-state index in [1.54, 1.807) is 6.20 Å². The molecule has 0 fully saturated rings. The maximum atomic E-state index is 9.10. The van der Waals surface area contributed by atoms with Crippen LogP contribution in [-0.4, -0.2) is 32.3 Å². The summed E-state index contributed by atoms with van der Waals surface area (Å²) in [4.78, 5) is 18.2. The summed E-state index contributed by atoms with van der Waals surface area (Å²) in [6, 6.07) is 1.92. The fourth-order valence-corrected chi connectivity index (χ4v) is 0.623. The molecule has 1 aromatic heterocycles. The number of hydrogen-bond donors (Lipinski definition) is 3. The molecule has 15 heavy (non-hydrogen) atoms. The monoisotopic (exact) mass is 213 g/mol. The predicted octanol–water partition coefficient (Wildman–Crippen LogP) is -0.601. The summed E-state index contributed by atoms with van der Waals surface area (Å²) >= 11 is 0. The van der Waals surface area contributed by atoms with Gasteiger partial charge in [0.1, 0.15) is 0 Å². The van der Waals surface area contributed by atoms with Gasteiger partial charge in [-0.05, 0) is 18.6 Å². The van der Waals surface area contributed by atoms with Gasteiger partial charge >= 0.3 is 11.9 Å². The molecule has 0 unspecified atom stereocenters. The number of carboxylic acid groups (broad SMARTS) is 2. The van der Waals surface area contributed by atoms with Crippen LogP contribution in [0.25, 0.3) is 0 Å². The average molecular weight is 213 g/mol. The highest BCUT2D eigenvalue weighted by atomic mass is 16.4. The largest absolute Gasteiger partial charge is 0.473 e. The molecule has 1 rings (SSSR count). The maximum Gasteiger partial charge on any atom is 0.414 e. The summed E-state index contributed by atoms with van der Waals surface area (Å²) in [6.07, 6.45) is 1.71. The van der Waals surface area contributed by atoms with Gasteiger partial charge in [-0.25, -0.2) is 9.59 Å². The molecular weight excluding hydrogens is 202 g/mol. The highest BCUT2D eigenvalue weighted by Gasteiger charge is 2.04. The van der Waals surface area contributed by atoms with Gasteiger partial charge < -0.3 is 15.9 Å². The first-order chi connectivity index (χ1) is 6.97.